The predicted molar refractivity (Wildman–Crippen MR) is 115 cm³/mol. The number of hydrogen-bond acceptors (Lipinski definition) is 1. The van der Waals surface area contributed by atoms with Gasteiger partial charge in [-0.05, 0) is 72.6 Å². The summed E-state index contributed by atoms with van der Waals surface area (Å²) in [6, 6.07) is 20.3. The summed E-state index contributed by atoms with van der Waals surface area (Å²) in [5, 5.41) is 5.43. The average Bonchev–Trinajstić information content (AvgIpc) is 3.44. The van der Waals surface area contributed by atoms with Gasteiger partial charge in [0.15, 0.2) is 0 Å². The lowest BCUT2D eigenvalue weighted by Gasteiger charge is -2.44. The second kappa shape index (κ2) is 6.49. The smallest absolute Gasteiger partial charge is 0.0486 e. The van der Waals surface area contributed by atoms with Crippen LogP contribution in [0, 0.1) is 29.6 Å². The van der Waals surface area contributed by atoms with Crippen molar-refractivity contribution >= 4 is 10.9 Å². The minimum atomic E-state index is 0.488. The van der Waals surface area contributed by atoms with Gasteiger partial charge in [0.05, 0.1) is 0 Å². The van der Waals surface area contributed by atoms with Gasteiger partial charge < -0.3 is 9.88 Å². The fourth-order valence-corrected chi connectivity index (χ4v) is 7.08. The van der Waals surface area contributed by atoms with Gasteiger partial charge in [-0.15, -0.1) is 0 Å². The number of para-hydroxylation sites is 1. The van der Waals surface area contributed by atoms with E-state index in [1.54, 1.807) is 0 Å². The monoisotopic (exact) mass is 370 g/mol. The molecule has 2 saturated carbocycles. The molecule has 1 aliphatic heterocycles. The maximum Gasteiger partial charge on any atom is 0.0486 e. The molecule has 1 N–H and O–H groups in total. The quantitative estimate of drug-likeness (QED) is 0.632. The van der Waals surface area contributed by atoms with Gasteiger partial charge in [-0.2, -0.15) is 0 Å². The molecule has 144 valence electrons. The van der Waals surface area contributed by atoms with Crippen LogP contribution in [-0.2, 0) is 6.54 Å². The fraction of sp³-hybridized carbons (Fsp3) is 0.462. The molecular formula is C26H30N2. The molecule has 3 aliphatic rings. The molecule has 2 aliphatic carbocycles. The molecule has 2 heterocycles. The number of rotatable bonds is 3. The molecule has 1 saturated heterocycles. The van der Waals surface area contributed by atoms with Crippen molar-refractivity contribution in [3.63, 3.8) is 0 Å². The summed E-state index contributed by atoms with van der Waals surface area (Å²) in [5.74, 6) is 4.59. The van der Waals surface area contributed by atoms with Crippen LogP contribution in [0.2, 0.25) is 0 Å². The van der Waals surface area contributed by atoms with Gasteiger partial charge >= 0.3 is 0 Å². The van der Waals surface area contributed by atoms with E-state index in [4.69, 9.17) is 0 Å². The van der Waals surface area contributed by atoms with Crippen molar-refractivity contribution in [2.75, 3.05) is 6.54 Å². The van der Waals surface area contributed by atoms with Crippen molar-refractivity contribution in [2.24, 2.45) is 29.6 Å². The molecule has 2 bridgehead atoms. The Morgan fingerprint density at radius 1 is 0.964 bits per heavy atom. The Kier molecular flexibility index (Phi) is 3.91. The van der Waals surface area contributed by atoms with Gasteiger partial charge in [0, 0.05) is 29.7 Å². The van der Waals surface area contributed by atoms with Crippen LogP contribution in [0.1, 0.15) is 43.4 Å². The number of nitrogens with one attached hydrogen (secondary N) is 1. The molecule has 2 nitrogen and oxygen atoms in total. The number of nitrogens with zero attached hydrogens (tertiary/aromatic N) is 1. The third kappa shape index (κ3) is 2.50. The number of aromatic nitrogens is 1. The summed E-state index contributed by atoms with van der Waals surface area (Å²) in [6.45, 7) is 4.69. The van der Waals surface area contributed by atoms with Crippen molar-refractivity contribution in [3.05, 3.63) is 71.9 Å². The highest BCUT2D eigenvalue weighted by atomic mass is 15.0. The Balaban J connectivity index is 1.38. The van der Waals surface area contributed by atoms with Crippen molar-refractivity contribution in [1.82, 2.24) is 9.88 Å². The maximum absolute atomic E-state index is 4.00. The Morgan fingerprint density at radius 3 is 2.64 bits per heavy atom. The first-order chi connectivity index (χ1) is 13.8. The summed E-state index contributed by atoms with van der Waals surface area (Å²) in [4.78, 5) is 0. The van der Waals surface area contributed by atoms with E-state index >= 15 is 0 Å². The lowest BCUT2D eigenvalue weighted by atomic mass is 9.67. The maximum atomic E-state index is 4.00. The summed E-state index contributed by atoms with van der Waals surface area (Å²) in [5.41, 5.74) is 4.25. The molecule has 1 aromatic heterocycles. The summed E-state index contributed by atoms with van der Waals surface area (Å²) >= 11 is 0. The van der Waals surface area contributed by atoms with E-state index < -0.39 is 0 Å². The van der Waals surface area contributed by atoms with E-state index in [0.717, 1.165) is 36.1 Å². The van der Waals surface area contributed by atoms with Crippen LogP contribution in [0.5, 0.6) is 0 Å². The van der Waals surface area contributed by atoms with Crippen LogP contribution in [-0.4, -0.2) is 11.1 Å². The van der Waals surface area contributed by atoms with Crippen LogP contribution in [0.25, 0.3) is 10.9 Å². The normalized spacial score (nSPS) is 34.0. The molecule has 6 atom stereocenters. The van der Waals surface area contributed by atoms with Crippen LogP contribution in [0.4, 0.5) is 0 Å². The molecule has 6 rings (SSSR count). The van der Waals surface area contributed by atoms with Gasteiger partial charge in [-0.25, -0.2) is 0 Å². The number of piperidine rings is 1. The highest BCUT2D eigenvalue weighted by Gasteiger charge is 2.52. The highest BCUT2D eigenvalue weighted by Crippen LogP contribution is 2.58. The van der Waals surface area contributed by atoms with Crippen LogP contribution < -0.4 is 5.32 Å². The lowest BCUT2D eigenvalue weighted by Crippen LogP contribution is -2.47. The zero-order valence-electron chi connectivity index (χ0n) is 16.7. The van der Waals surface area contributed by atoms with E-state index in [1.165, 1.54) is 47.8 Å². The first kappa shape index (κ1) is 16.9. The third-order valence-electron chi connectivity index (χ3n) is 8.21. The van der Waals surface area contributed by atoms with E-state index in [0.29, 0.717) is 6.04 Å². The van der Waals surface area contributed by atoms with Crippen molar-refractivity contribution in [3.8, 4) is 0 Å². The summed E-state index contributed by atoms with van der Waals surface area (Å²) < 4.78 is 2.46. The van der Waals surface area contributed by atoms with Gasteiger partial charge in [0.1, 0.15) is 0 Å². The fourth-order valence-electron chi connectivity index (χ4n) is 7.08. The van der Waals surface area contributed by atoms with E-state index in [9.17, 15) is 0 Å². The third-order valence-corrected chi connectivity index (χ3v) is 8.21. The largest absolute Gasteiger partial charge is 0.343 e. The number of fused-ring (bicyclic) bond motifs is 6. The Hall–Kier alpha value is -2.06. The average molecular weight is 371 g/mol. The Bertz CT molecular complexity index is 988. The molecule has 3 aromatic rings. The van der Waals surface area contributed by atoms with Gasteiger partial charge in [0.25, 0.3) is 0 Å². The first-order valence-electron chi connectivity index (χ1n) is 11.1. The molecule has 0 unspecified atom stereocenters. The minimum Gasteiger partial charge on any atom is -0.343 e. The van der Waals surface area contributed by atoms with E-state index in [2.05, 4.69) is 77.6 Å². The van der Waals surface area contributed by atoms with E-state index in [-0.39, 0.29) is 0 Å². The molecule has 3 fully saturated rings. The molecule has 2 aromatic carbocycles. The van der Waals surface area contributed by atoms with Crippen LogP contribution in [0.3, 0.4) is 0 Å². The van der Waals surface area contributed by atoms with Gasteiger partial charge in [-0.3, -0.25) is 0 Å². The topological polar surface area (TPSA) is 17.0 Å². The molecule has 0 spiro atoms. The Morgan fingerprint density at radius 2 is 1.75 bits per heavy atom. The second-order valence-corrected chi connectivity index (χ2v) is 9.53. The zero-order chi connectivity index (χ0) is 18.7. The van der Waals surface area contributed by atoms with Gasteiger partial charge in [0.2, 0.25) is 0 Å². The molecule has 0 radical (unpaired) electrons. The predicted octanol–water partition coefficient (Wildman–Crippen LogP) is 5.63. The SMILES string of the molecule is C[C@@H]1[C@H]2[C@@H]3CC[C@@H](C3)[C@H]2CN[C@H]1c1cn(Cc2ccccc2)c2ccccc12. The standard InChI is InChI=1S/C26H30N2/c1-17-25-20-12-11-19(13-20)22(25)14-27-26(17)23-16-28(15-18-7-3-2-4-8-18)24-10-6-5-9-21(23)24/h2-10,16-17,19-20,22,25-27H,11-15H2,1H3/t17-,19+,20-,22-,25+,26-/m1/s1. The van der Waals surface area contributed by atoms with Gasteiger partial charge in [-0.1, -0.05) is 55.5 Å². The Labute approximate surface area is 168 Å². The number of hydrogen-bond donors (Lipinski definition) is 1. The zero-order valence-corrected chi connectivity index (χ0v) is 16.7. The van der Waals surface area contributed by atoms with Crippen LogP contribution in [0.15, 0.2) is 60.8 Å². The van der Waals surface area contributed by atoms with Crippen molar-refractivity contribution < 1.29 is 0 Å². The van der Waals surface area contributed by atoms with Crippen LogP contribution >= 0.6 is 0 Å². The number of benzene rings is 2. The van der Waals surface area contributed by atoms with Crippen molar-refractivity contribution in [2.45, 2.75) is 38.8 Å². The first-order valence-corrected chi connectivity index (χ1v) is 11.1. The molecule has 28 heavy (non-hydrogen) atoms. The van der Waals surface area contributed by atoms with E-state index in [1.807, 2.05) is 0 Å². The molecular weight excluding hydrogens is 340 g/mol. The molecule has 2 heteroatoms. The molecule has 0 amide bonds. The highest BCUT2D eigenvalue weighted by molar-refractivity contribution is 5.84. The second-order valence-electron chi connectivity index (χ2n) is 9.53. The van der Waals surface area contributed by atoms with Crippen molar-refractivity contribution in [1.29, 1.82) is 0 Å². The minimum absolute atomic E-state index is 0.488. The summed E-state index contributed by atoms with van der Waals surface area (Å²) in [6.07, 6.45) is 6.92. The summed E-state index contributed by atoms with van der Waals surface area (Å²) in [7, 11) is 0. The lowest BCUT2D eigenvalue weighted by molar-refractivity contribution is 0.0825.